The molecule has 0 atom stereocenters. The Labute approximate surface area is 146 Å². The molecule has 0 radical (unpaired) electrons. The number of anilines is 1. The van der Waals surface area contributed by atoms with Gasteiger partial charge in [-0.2, -0.15) is 0 Å². The van der Waals surface area contributed by atoms with Gasteiger partial charge in [0.2, 0.25) is 5.91 Å². The number of fused-ring (bicyclic) bond motifs is 1. The van der Waals surface area contributed by atoms with Crippen molar-refractivity contribution in [3.05, 3.63) is 52.6 Å². The Morgan fingerprint density at radius 1 is 1.28 bits per heavy atom. The van der Waals surface area contributed by atoms with E-state index in [4.69, 9.17) is 16.1 Å². The van der Waals surface area contributed by atoms with Gasteiger partial charge in [-0.25, -0.2) is 9.37 Å². The molecule has 9 heteroatoms. The monoisotopic (exact) mass is 362 g/mol. The summed E-state index contributed by atoms with van der Waals surface area (Å²) in [5.41, 5.74) is 0.423. The third kappa shape index (κ3) is 3.92. The molecule has 0 aliphatic carbocycles. The van der Waals surface area contributed by atoms with E-state index in [0.717, 1.165) is 0 Å². The molecule has 0 bridgehead atoms. The van der Waals surface area contributed by atoms with Gasteiger partial charge in [-0.1, -0.05) is 16.8 Å². The number of aryl methyl sites for hydroxylation is 1. The number of pyridine rings is 1. The van der Waals surface area contributed by atoms with Gasteiger partial charge in [0.05, 0.1) is 17.6 Å². The van der Waals surface area contributed by atoms with Crippen molar-refractivity contribution in [2.24, 2.45) is 0 Å². The number of aromatic nitrogens is 2. The van der Waals surface area contributed by atoms with E-state index in [-0.39, 0.29) is 23.1 Å². The van der Waals surface area contributed by atoms with Crippen LogP contribution in [0.3, 0.4) is 0 Å². The Bertz CT molecular complexity index is 973. The Hall–Kier alpha value is -3.00. The molecular formula is C16H12ClFN4O3. The number of carbonyl (C=O) groups excluding carboxylic acids is 2. The lowest BCUT2D eigenvalue weighted by molar-refractivity contribution is -0.115. The fourth-order valence-corrected chi connectivity index (χ4v) is 2.38. The van der Waals surface area contributed by atoms with Crippen molar-refractivity contribution >= 4 is 40.1 Å². The summed E-state index contributed by atoms with van der Waals surface area (Å²) in [6.07, 6.45) is 0. The SMILES string of the molecule is Cc1cc(NC(=O)CNC(=O)c2cc3ccc(F)cc3nc2Cl)no1. The van der Waals surface area contributed by atoms with E-state index in [2.05, 4.69) is 20.8 Å². The van der Waals surface area contributed by atoms with E-state index in [9.17, 15) is 14.0 Å². The molecule has 0 spiro atoms. The maximum Gasteiger partial charge on any atom is 0.254 e. The zero-order chi connectivity index (χ0) is 18.0. The van der Waals surface area contributed by atoms with Crippen LogP contribution in [0.4, 0.5) is 10.2 Å². The Kier molecular flexibility index (Phi) is 4.62. The van der Waals surface area contributed by atoms with Crippen LogP contribution in [0.15, 0.2) is 34.9 Å². The molecule has 0 aliphatic heterocycles. The van der Waals surface area contributed by atoms with Crippen molar-refractivity contribution in [3.63, 3.8) is 0 Å². The molecule has 2 N–H and O–H groups in total. The van der Waals surface area contributed by atoms with Crippen molar-refractivity contribution in [2.45, 2.75) is 6.92 Å². The first-order chi connectivity index (χ1) is 11.9. The van der Waals surface area contributed by atoms with Gasteiger partial charge in [0, 0.05) is 17.5 Å². The Morgan fingerprint density at radius 3 is 2.80 bits per heavy atom. The number of rotatable bonds is 4. The second-order valence-electron chi connectivity index (χ2n) is 5.22. The minimum absolute atomic E-state index is 0.0804. The second kappa shape index (κ2) is 6.86. The topological polar surface area (TPSA) is 97.1 Å². The van der Waals surface area contributed by atoms with E-state index >= 15 is 0 Å². The van der Waals surface area contributed by atoms with Crippen LogP contribution in [-0.2, 0) is 4.79 Å². The minimum Gasteiger partial charge on any atom is -0.360 e. The third-order valence-corrected chi connectivity index (χ3v) is 3.57. The number of amides is 2. The zero-order valence-electron chi connectivity index (χ0n) is 13.0. The second-order valence-corrected chi connectivity index (χ2v) is 5.58. The van der Waals surface area contributed by atoms with Crippen molar-refractivity contribution in [3.8, 4) is 0 Å². The van der Waals surface area contributed by atoms with Crippen molar-refractivity contribution in [1.82, 2.24) is 15.5 Å². The molecule has 1 aromatic carbocycles. The molecule has 3 aromatic rings. The average molecular weight is 363 g/mol. The number of nitrogens with zero attached hydrogens (tertiary/aromatic N) is 2. The van der Waals surface area contributed by atoms with Gasteiger partial charge in [0.15, 0.2) is 5.82 Å². The predicted octanol–water partition coefficient (Wildman–Crippen LogP) is 2.69. The number of halogens is 2. The predicted molar refractivity (Wildman–Crippen MR) is 88.9 cm³/mol. The molecule has 0 fully saturated rings. The highest BCUT2D eigenvalue weighted by Gasteiger charge is 2.15. The average Bonchev–Trinajstić information content (AvgIpc) is 2.96. The van der Waals surface area contributed by atoms with E-state index in [0.29, 0.717) is 16.7 Å². The molecule has 7 nitrogen and oxygen atoms in total. The maximum atomic E-state index is 13.2. The van der Waals surface area contributed by atoms with Crippen LogP contribution < -0.4 is 10.6 Å². The summed E-state index contributed by atoms with van der Waals surface area (Å²) in [5, 5.41) is 8.99. The van der Waals surface area contributed by atoms with Crippen LogP contribution in [0.2, 0.25) is 5.15 Å². The van der Waals surface area contributed by atoms with Crippen molar-refractivity contribution < 1.29 is 18.5 Å². The maximum absolute atomic E-state index is 13.2. The number of carbonyl (C=O) groups is 2. The first-order valence-corrected chi connectivity index (χ1v) is 7.57. The standard InChI is InChI=1S/C16H12ClFN4O3/c1-8-4-13(22-25-8)21-14(23)7-19-16(24)11-5-9-2-3-10(18)6-12(9)20-15(11)17/h2-6H,7H2,1H3,(H,19,24)(H,21,22,23). The van der Waals surface area contributed by atoms with E-state index in [1.807, 2.05) is 0 Å². The first kappa shape index (κ1) is 16.8. The summed E-state index contributed by atoms with van der Waals surface area (Å²) < 4.78 is 18.0. The molecule has 2 aromatic heterocycles. The van der Waals surface area contributed by atoms with E-state index < -0.39 is 17.6 Å². The molecule has 25 heavy (non-hydrogen) atoms. The van der Waals surface area contributed by atoms with E-state index in [1.54, 1.807) is 13.0 Å². The van der Waals surface area contributed by atoms with Gasteiger partial charge in [0.25, 0.3) is 5.91 Å². The number of nitrogens with one attached hydrogen (secondary N) is 2. The van der Waals surface area contributed by atoms with Crippen LogP contribution in [-0.4, -0.2) is 28.5 Å². The van der Waals surface area contributed by atoms with Gasteiger partial charge < -0.3 is 15.2 Å². The molecule has 0 unspecified atom stereocenters. The summed E-state index contributed by atoms with van der Waals surface area (Å²) >= 11 is 5.98. The largest absolute Gasteiger partial charge is 0.360 e. The van der Waals surface area contributed by atoms with Crippen molar-refractivity contribution in [1.29, 1.82) is 0 Å². The smallest absolute Gasteiger partial charge is 0.254 e. The van der Waals surface area contributed by atoms with Crippen LogP contribution in [0.5, 0.6) is 0 Å². The molecule has 3 rings (SSSR count). The quantitative estimate of drug-likeness (QED) is 0.695. The first-order valence-electron chi connectivity index (χ1n) is 7.19. The highest BCUT2D eigenvalue weighted by molar-refractivity contribution is 6.33. The van der Waals surface area contributed by atoms with Crippen LogP contribution >= 0.6 is 11.6 Å². The van der Waals surface area contributed by atoms with Gasteiger partial charge in [-0.05, 0) is 25.1 Å². The van der Waals surface area contributed by atoms with Gasteiger partial charge in [-0.15, -0.1) is 0 Å². The lowest BCUT2D eigenvalue weighted by atomic mass is 10.1. The highest BCUT2D eigenvalue weighted by atomic mass is 35.5. The number of hydrogen-bond acceptors (Lipinski definition) is 5. The molecule has 2 amide bonds. The zero-order valence-corrected chi connectivity index (χ0v) is 13.7. The summed E-state index contributed by atoms with van der Waals surface area (Å²) in [6.45, 7) is 1.40. The third-order valence-electron chi connectivity index (χ3n) is 3.28. The summed E-state index contributed by atoms with van der Waals surface area (Å²) in [6, 6.07) is 6.99. The molecular weight excluding hydrogens is 351 g/mol. The van der Waals surface area contributed by atoms with Crippen LogP contribution in [0.1, 0.15) is 16.1 Å². The highest BCUT2D eigenvalue weighted by Crippen LogP contribution is 2.21. The fraction of sp³-hybridized carbons (Fsp3) is 0.125. The summed E-state index contributed by atoms with van der Waals surface area (Å²) in [4.78, 5) is 28.0. The van der Waals surface area contributed by atoms with E-state index in [1.165, 1.54) is 24.3 Å². The van der Waals surface area contributed by atoms with Gasteiger partial charge in [-0.3, -0.25) is 9.59 Å². The fourth-order valence-electron chi connectivity index (χ4n) is 2.14. The summed E-state index contributed by atoms with van der Waals surface area (Å²) in [5.74, 6) is -0.703. The normalized spacial score (nSPS) is 10.7. The lowest BCUT2D eigenvalue weighted by Crippen LogP contribution is -2.33. The Balaban J connectivity index is 1.68. The molecule has 2 heterocycles. The molecule has 0 saturated heterocycles. The molecule has 0 saturated carbocycles. The van der Waals surface area contributed by atoms with Crippen LogP contribution in [0.25, 0.3) is 10.9 Å². The molecule has 128 valence electrons. The minimum atomic E-state index is -0.574. The van der Waals surface area contributed by atoms with Gasteiger partial charge in [0.1, 0.15) is 16.7 Å². The molecule has 0 aliphatic rings. The van der Waals surface area contributed by atoms with Crippen molar-refractivity contribution in [2.75, 3.05) is 11.9 Å². The van der Waals surface area contributed by atoms with Gasteiger partial charge >= 0.3 is 0 Å². The Morgan fingerprint density at radius 2 is 2.08 bits per heavy atom. The lowest BCUT2D eigenvalue weighted by Gasteiger charge is -2.07. The summed E-state index contributed by atoms with van der Waals surface area (Å²) in [7, 11) is 0. The number of benzene rings is 1. The van der Waals surface area contributed by atoms with Crippen LogP contribution in [0, 0.1) is 12.7 Å². The number of hydrogen-bond donors (Lipinski definition) is 2.